The van der Waals surface area contributed by atoms with Gasteiger partial charge in [0.05, 0.1) is 0 Å². The van der Waals surface area contributed by atoms with Crippen LogP contribution in [0.1, 0.15) is 33.1 Å². The first-order chi connectivity index (χ1) is 7.08. The van der Waals surface area contributed by atoms with Crippen molar-refractivity contribution in [3.05, 3.63) is 12.7 Å². The molecular weight excluding hydrogens is 192 g/mol. The molecule has 0 aromatic carbocycles. The molecule has 1 saturated heterocycles. The molecule has 0 bridgehead atoms. The Hall–Kier alpha value is -0.830. The largest absolute Gasteiger partial charge is 0.459 e. The SMILES string of the molecule is C=CC(=O)OCC1(CC(C)C)CCCO1. The normalized spacial score (nSPS) is 25.5. The summed E-state index contributed by atoms with van der Waals surface area (Å²) in [5, 5.41) is 0. The predicted octanol–water partition coefficient (Wildman–Crippen LogP) is 2.31. The minimum atomic E-state index is -0.367. The molecule has 0 radical (unpaired) electrons. The van der Waals surface area contributed by atoms with Crippen LogP contribution in [0.4, 0.5) is 0 Å². The Morgan fingerprint density at radius 1 is 1.67 bits per heavy atom. The highest BCUT2D eigenvalue weighted by molar-refractivity contribution is 5.81. The molecule has 1 aliphatic rings. The molecule has 1 aliphatic heterocycles. The molecule has 1 fully saturated rings. The van der Waals surface area contributed by atoms with Gasteiger partial charge in [0.2, 0.25) is 0 Å². The van der Waals surface area contributed by atoms with Crippen LogP contribution in [0, 0.1) is 5.92 Å². The fourth-order valence-electron chi connectivity index (χ4n) is 2.09. The lowest BCUT2D eigenvalue weighted by molar-refractivity contribution is -0.147. The van der Waals surface area contributed by atoms with E-state index in [4.69, 9.17) is 9.47 Å². The molecule has 0 saturated carbocycles. The van der Waals surface area contributed by atoms with Crippen molar-refractivity contribution in [2.45, 2.75) is 38.7 Å². The zero-order valence-electron chi connectivity index (χ0n) is 9.62. The van der Waals surface area contributed by atoms with Gasteiger partial charge in [-0.05, 0) is 25.2 Å². The smallest absolute Gasteiger partial charge is 0.330 e. The Kier molecular flexibility index (Phi) is 4.33. The summed E-state index contributed by atoms with van der Waals surface area (Å²) in [7, 11) is 0. The van der Waals surface area contributed by atoms with Crippen molar-refractivity contribution in [1.82, 2.24) is 0 Å². The fraction of sp³-hybridized carbons (Fsp3) is 0.750. The number of hydrogen-bond acceptors (Lipinski definition) is 3. The van der Waals surface area contributed by atoms with Gasteiger partial charge in [0.15, 0.2) is 0 Å². The van der Waals surface area contributed by atoms with Crippen molar-refractivity contribution in [2.24, 2.45) is 5.92 Å². The Bertz CT molecular complexity index is 227. The second-order valence-corrected chi connectivity index (χ2v) is 4.54. The van der Waals surface area contributed by atoms with Crippen molar-refractivity contribution >= 4 is 5.97 Å². The van der Waals surface area contributed by atoms with Gasteiger partial charge in [-0.25, -0.2) is 4.79 Å². The predicted molar refractivity (Wildman–Crippen MR) is 58.5 cm³/mol. The van der Waals surface area contributed by atoms with Gasteiger partial charge in [-0.15, -0.1) is 0 Å². The highest BCUT2D eigenvalue weighted by Gasteiger charge is 2.36. The summed E-state index contributed by atoms with van der Waals surface area (Å²) in [5.41, 5.74) is -0.243. The monoisotopic (exact) mass is 212 g/mol. The number of ether oxygens (including phenoxy) is 2. The van der Waals surface area contributed by atoms with E-state index in [1.807, 2.05) is 0 Å². The van der Waals surface area contributed by atoms with E-state index in [1.165, 1.54) is 6.08 Å². The van der Waals surface area contributed by atoms with Gasteiger partial charge in [-0.3, -0.25) is 0 Å². The van der Waals surface area contributed by atoms with E-state index in [-0.39, 0.29) is 11.6 Å². The van der Waals surface area contributed by atoms with Crippen LogP contribution in [0.25, 0.3) is 0 Å². The third-order valence-corrected chi connectivity index (χ3v) is 2.61. The summed E-state index contributed by atoms with van der Waals surface area (Å²) in [6.45, 7) is 8.81. The van der Waals surface area contributed by atoms with Gasteiger partial charge in [0.25, 0.3) is 0 Å². The van der Waals surface area contributed by atoms with Crippen LogP contribution < -0.4 is 0 Å². The van der Waals surface area contributed by atoms with E-state index in [0.29, 0.717) is 12.5 Å². The minimum absolute atomic E-state index is 0.243. The van der Waals surface area contributed by atoms with Gasteiger partial charge >= 0.3 is 5.97 Å². The molecule has 0 amide bonds. The second-order valence-electron chi connectivity index (χ2n) is 4.54. The van der Waals surface area contributed by atoms with Gasteiger partial charge in [-0.2, -0.15) is 0 Å². The third kappa shape index (κ3) is 3.67. The molecule has 1 heterocycles. The van der Waals surface area contributed by atoms with Crippen LogP contribution in [0.3, 0.4) is 0 Å². The molecule has 0 aromatic rings. The third-order valence-electron chi connectivity index (χ3n) is 2.61. The molecule has 0 aromatic heterocycles. The van der Waals surface area contributed by atoms with Crippen molar-refractivity contribution in [3.63, 3.8) is 0 Å². The molecule has 0 spiro atoms. The quantitative estimate of drug-likeness (QED) is 0.518. The number of carbonyl (C=O) groups is 1. The van der Waals surface area contributed by atoms with E-state index < -0.39 is 0 Å². The molecular formula is C12H20O3. The minimum Gasteiger partial charge on any atom is -0.459 e. The lowest BCUT2D eigenvalue weighted by Gasteiger charge is -2.29. The molecule has 86 valence electrons. The summed E-state index contributed by atoms with van der Waals surface area (Å²) in [6, 6.07) is 0. The number of hydrogen-bond donors (Lipinski definition) is 0. The van der Waals surface area contributed by atoms with Crippen molar-refractivity contribution in [1.29, 1.82) is 0 Å². The number of esters is 1. The van der Waals surface area contributed by atoms with Crippen molar-refractivity contribution in [2.75, 3.05) is 13.2 Å². The van der Waals surface area contributed by atoms with Gasteiger partial charge in [0.1, 0.15) is 12.2 Å². The van der Waals surface area contributed by atoms with Crippen LogP contribution >= 0.6 is 0 Å². The summed E-state index contributed by atoms with van der Waals surface area (Å²) in [5.74, 6) is 0.180. The Balaban J connectivity index is 2.49. The van der Waals surface area contributed by atoms with E-state index in [1.54, 1.807) is 0 Å². The second kappa shape index (κ2) is 5.31. The molecule has 1 rings (SSSR count). The van der Waals surface area contributed by atoms with Gasteiger partial charge < -0.3 is 9.47 Å². The Labute approximate surface area is 91.4 Å². The van der Waals surface area contributed by atoms with Gasteiger partial charge in [0, 0.05) is 12.7 Å². The van der Waals surface area contributed by atoms with Crippen molar-refractivity contribution < 1.29 is 14.3 Å². The lowest BCUT2D eigenvalue weighted by Crippen LogP contribution is -2.36. The number of rotatable bonds is 5. The summed E-state index contributed by atoms with van der Waals surface area (Å²) in [4.78, 5) is 11.0. The van der Waals surface area contributed by atoms with E-state index in [2.05, 4.69) is 20.4 Å². The lowest BCUT2D eigenvalue weighted by atomic mass is 9.90. The summed E-state index contributed by atoms with van der Waals surface area (Å²) < 4.78 is 10.8. The first-order valence-electron chi connectivity index (χ1n) is 5.51. The van der Waals surface area contributed by atoms with E-state index in [9.17, 15) is 4.79 Å². The first-order valence-corrected chi connectivity index (χ1v) is 5.51. The number of carbonyl (C=O) groups excluding carboxylic acids is 1. The topological polar surface area (TPSA) is 35.5 Å². The Morgan fingerprint density at radius 3 is 2.87 bits per heavy atom. The maximum Gasteiger partial charge on any atom is 0.330 e. The molecule has 3 nitrogen and oxygen atoms in total. The van der Waals surface area contributed by atoms with E-state index in [0.717, 1.165) is 25.9 Å². The van der Waals surface area contributed by atoms with Crippen LogP contribution in [-0.4, -0.2) is 24.8 Å². The molecule has 1 unspecified atom stereocenters. The zero-order valence-corrected chi connectivity index (χ0v) is 9.62. The molecule has 0 N–H and O–H groups in total. The highest BCUT2D eigenvalue weighted by atomic mass is 16.6. The van der Waals surface area contributed by atoms with Crippen molar-refractivity contribution in [3.8, 4) is 0 Å². The molecule has 1 atom stereocenters. The molecule has 0 aliphatic carbocycles. The van der Waals surface area contributed by atoms with Gasteiger partial charge in [-0.1, -0.05) is 20.4 Å². The average Bonchev–Trinajstić information content (AvgIpc) is 2.62. The maximum absolute atomic E-state index is 11.0. The van der Waals surface area contributed by atoms with Crippen LogP contribution in [-0.2, 0) is 14.3 Å². The van der Waals surface area contributed by atoms with Crippen LogP contribution in [0.15, 0.2) is 12.7 Å². The zero-order chi connectivity index (χ0) is 11.3. The summed E-state index contributed by atoms with van der Waals surface area (Å²) in [6.07, 6.45) is 4.17. The van der Waals surface area contributed by atoms with E-state index >= 15 is 0 Å². The van der Waals surface area contributed by atoms with Crippen LogP contribution in [0.2, 0.25) is 0 Å². The maximum atomic E-state index is 11.0. The summed E-state index contributed by atoms with van der Waals surface area (Å²) >= 11 is 0. The highest BCUT2D eigenvalue weighted by Crippen LogP contribution is 2.32. The standard InChI is InChI=1S/C12H20O3/c1-4-11(13)14-9-12(8-10(2)3)6-5-7-15-12/h4,10H,1,5-9H2,2-3H3. The Morgan fingerprint density at radius 2 is 2.40 bits per heavy atom. The van der Waals surface area contributed by atoms with Crippen LogP contribution in [0.5, 0.6) is 0 Å². The average molecular weight is 212 g/mol. The fourth-order valence-corrected chi connectivity index (χ4v) is 2.09. The molecule has 15 heavy (non-hydrogen) atoms. The molecule has 3 heteroatoms. The first kappa shape index (κ1) is 12.2.